The molecule has 1 aromatic carbocycles. The van der Waals surface area contributed by atoms with Gasteiger partial charge in [-0.1, -0.05) is 12.1 Å². The lowest BCUT2D eigenvalue weighted by atomic mass is 9.97. The molecule has 5 heteroatoms. The number of halogens is 1. The van der Waals surface area contributed by atoms with Crippen molar-refractivity contribution >= 4 is 34.4 Å². The van der Waals surface area contributed by atoms with E-state index < -0.39 is 12.0 Å². The Morgan fingerprint density at radius 2 is 2.07 bits per heavy atom. The molecule has 1 aliphatic heterocycles. The number of carboxylic acid groups (broad SMARTS) is 1. The average molecular weight is 272 g/mol. The van der Waals surface area contributed by atoms with Crippen LogP contribution < -0.4 is 5.32 Å². The second-order valence-electron chi connectivity index (χ2n) is 3.21. The van der Waals surface area contributed by atoms with E-state index in [0.717, 1.165) is 0 Å². The maximum absolute atomic E-state index is 11.5. The molecule has 0 amide bonds. The molecule has 80 valence electrons. The normalized spacial score (nSPS) is 18.4. The fraction of sp³-hybridized carbons (Fsp3) is 0.200. The number of Topliss-reactive ketones (excluding diaryl/α,β-unsaturated/α-hetero) is 1. The number of hydrogen-bond donors (Lipinski definition) is 2. The molecule has 1 atom stereocenters. The monoisotopic (exact) mass is 271 g/mol. The van der Waals surface area contributed by atoms with Crippen molar-refractivity contribution in [1.29, 1.82) is 0 Å². The van der Waals surface area contributed by atoms with Gasteiger partial charge in [0.15, 0.2) is 5.78 Å². The van der Waals surface area contributed by atoms with Gasteiger partial charge in [-0.3, -0.25) is 4.79 Å². The Balaban J connectivity index is 0.00000112. The van der Waals surface area contributed by atoms with Gasteiger partial charge in [0.05, 0.1) is 0 Å². The molecule has 1 aliphatic rings. The summed E-state index contributed by atoms with van der Waals surface area (Å²) in [6.45, 7) is 0. The van der Waals surface area contributed by atoms with Crippen LogP contribution in [0.1, 0.15) is 16.8 Å². The van der Waals surface area contributed by atoms with Crippen LogP contribution in [0.3, 0.4) is 0 Å². The van der Waals surface area contributed by atoms with Gasteiger partial charge in [-0.05, 0) is 12.1 Å². The Hall–Kier alpha value is -1.36. The highest BCUT2D eigenvalue weighted by Gasteiger charge is 2.28. The first-order valence-electron chi connectivity index (χ1n) is 4.30. The van der Waals surface area contributed by atoms with Crippen molar-refractivity contribution in [2.75, 3.05) is 5.32 Å². The molecule has 2 rings (SSSR count). The van der Waals surface area contributed by atoms with Gasteiger partial charge in [-0.25, -0.2) is 4.79 Å². The minimum absolute atomic E-state index is 0. The predicted molar refractivity (Wildman–Crippen MR) is 60.8 cm³/mol. The number of rotatable bonds is 1. The molecule has 0 aliphatic carbocycles. The maximum Gasteiger partial charge on any atom is 0.326 e. The molecule has 0 bridgehead atoms. The van der Waals surface area contributed by atoms with Gasteiger partial charge in [-0.15, -0.1) is 17.0 Å². The lowest BCUT2D eigenvalue weighted by Crippen LogP contribution is -2.35. The molecule has 0 saturated heterocycles. The van der Waals surface area contributed by atoms with E-state index in [4.69, 9.17) is 5.11 Å². The number of hydrogen-bond acceptors (Lipinski definition) is 3. The molecule has 1 heterocycles. The molecule has 1 aromatic rings. The Bertz CT molecular complexity index is 405. The summed E-state index contributed by atoms with van der Waals surface area (Å²) in [5.74, 6) is -1.11. The third-order valence-electron chi connectivity index (χ3n) is 2.24. The van der Waals surface area contributed by atoms with E-state index in [-0.39, 0.29) is 29.2 Å². The maximum atomic E-state index is 11.5. The highest BCUT2D eigenvalue weighted by Crippen LogP contribution is 2.24. The van der Waals surface area contributed by atoms with Crippen molar-refractivity contribution in [2.45, 2.75) is 12.5 Å². The number of carbonyl (C=O) groups excluding carboxylic acids is 1. The van der Waals surface area contributed by atoms with Crippen LogP contribution in [0.2, 0.25) is 0 Å². The van der Waals surface area contributed by atoms with Crippen LogP contribution in [0.5, 0.6) is 0 Å². The average Bonchev–Trinajstić information content (AvgIpc) is 2.17. The quantitative estimate of drug-likeness (QED) is 0.816. The molecular formula is C10H10BrNO3. The molecule has 2 N–H and O–H groups in total. The lowest BCUT2D eigenvalue weighted by Gasteiger charge is -2.22. The SMILES string of the molecule is Br.O=C1C[C@@H](C(=O)O)Nc2ccccc21. The number of aliphatic carboxylic acids is 1. The summed E-state index contributed by atoms with van der Waals surface area (Å²) in [7, 11) is 0. The number of nitrogens with one attached hydrogen (secondary N) is 1. The van der Waals surface area contributed by atoms with Crippen molar-refractivity contribution in [3.8, 4) is 0 Å². The van der Waals surface area contributed by atoms with Crippen molar-refractivity contribution in [3.63, 3.8) is 0 Å². The Kier molecular flexibility index (Phi) is 3.47. The molecule has 0 saturated carbocycles. The molecule has 0 fully saturated rings. The summed E-state index contributed by atoms with van der Waals surface area (Å²) in [5.41, 5.74) is 1.18. The first-order chi connectivity index (χ1) is 6.68. The molecule has 0 aromatic heterocycles. The van der Waals surface area contributed by atoms with E-state index in [1.165, 1.54) is 0 Å². The van der Waals surface area contributed by atoms with Gasteiger partial charge >= 0.3 is 5.97 Å². The Morgan fingerprint density at radius 1 is 1.40 bits per heavy atom. The van der Waals surface area contributed by atoms with Gasteiger partial charge in [0.25, 0.3) is 0 Å². The molecule has 0 spiro atoms. The van der Waals surface area contributed by atoms with Gasteiger partial charge in [0.2, 0.25) is 0 Å². The molecule has 0 radical (unpaired) electrons. The number of ketones is 1. The fourth-order valence-electron chi connectivity index (χ4n) is 1.54. The van der Waals surface area contributed by atoms with Crippen molar-refractivity contribution in [1.82, 2.24) is 0 Å². The van der Waals surface area contributed by atoms with E-state index in [1.54, 1.807) is 24.3 Å². The van der Waals surface area contributed by atoms with Crippen molar-refractivity contribution < 1.29 is 14.7 Å². The third kappa shape index (κ3) is 2.18. The van der Waals surface area contributed by atoms with Gasteiger partial charge < -0.3 is 10.4 Å². The molecule has 4 nitrogen and oxygen atoms in total. The lowest BCUT2D eigenvalue weighted by molar-refractivity contribution is -0.137. The van der Waals surface area contributed by atoms with Gasteiger partial charge in [0.1, 0.15) is 6.04 Å². The van der Waals surface area contributed by atoms with Gasteiger partial charge in [0, 0.05) is 17.7 Å². The molecule has 0 unspecified atom stereocenters. The standard InChI is InChI=1S/C10H9NO3.BrH/c12-9-5-8(10(13)14)11-7-4-2-1-3-6(7)9;/h1-4,8,11H,5H2,(H,13,14);1H/t8-;/m0./s1. The summed E-state index contributed by atoms with van der Waals surface area (Å²) < 4.78 is 0. The molecule has 15 heavy (non-hydrogen) atoms. The highest BCUT2D eigenvalue weighted by molar-refractivity contribution is 8.93. The van der Waals surface area contributed by atoms with Crippen LogP contribution >= 0.6 is 17.0 Å². The molecular weight excluding hydrogens is 262 g/mol. The van der Waals surface area contributed by atoms with Crippen LogP contribution in [0.4, 0.5) is 5.69 Å². The summed E-state index contributed by atoms with van der Waals surface area (Å²) in [5, 5.41) is 11.6. The first-order valence-corrected chi connectivity index (χ1v) is 4.30. The zero-order valence-electron chi connectivity index (χ0n) is 7.77. The van der Waals surface area contributed by atoms with Crippen molar-refractivity contribution in [2.24, 2.45) is 0 Å². The zero-order chi connectivity index (χ0) is 10.1. The van der Waals surface area contributed by atoms with E-state index >= 15 is 0 Å². The van der Waals surface area contributed by atoms with Crippen LogP contribution in [-0.4, -0.2) is 22.9 Å². The van der Waals surface area contributed by atoms with Crippen molar-refractivity contribution in [3.05, 3.63) is 29.8 Å². The summed E-state index contributed by atoms with van der Waals surface area (Å²) in [4.78, 5) is 22.2. The summed E-state index contributed by atoms with van der Waals surface area (Å²) >= 11 is 0. The number of anilines is 1. The second kappa shape index (κ2) is 4.44. The van der Waals surface area contributed by atoms with E-state index in [2.05, 4.69) is 5.32 Å². The Labute approximate surface area is 97.1 Å². The van der Waals surface area contributed by atoms with Crippen LogP contribution in [0.15, 0.2) is 24.3 Å². The number of carboxylic acids is 1. The smallest absolute Gasteiger partial charge is 0.326 e. The third-order valence-corrected chi connectivity index (χ3v) is 2.24. The van der Waals surface area contributed by atoms with Crippen LogP contribution in [0.25, 0.3) is 0 Å². The number of carbonyl (C=O) groups is 2. The predicted octanol–water partition coefficient (Wildman–Crippen LogP) is 1.72. The highest BCUT2D eigenvalue weighted by atomic mass is 79.9. The largest absolute Gasteiger partial charge is 0.480 e. The number of para-hydroxylation sites is 1. The van der Waals surface area contributed by atoms with E-state index in [9.17, 15) is 9.59 Å². The van der Waals surface area contributed by atoms with Crippen LogP contribution in [0, 0.1) is 0 Å². The minimum atomic E-state index is -0.993. The fourth-order valence-corrected chi connectivity index (χ4v) is 1.54. The second-order valence-corrected chi connectivity index (χ2v) is 3.21. The Morgan fingerprint density at radius 3 is 2.73 bits per heavy atom. The van der Waals surface area contributed by atoms with E-state index in [1.807, 2.05) is 0 Å². The summed E-state index contributed by atoms with van der Waals surface area (Å²) in [6.07, 6.45) is 0.0202. The van der Waals surface area contributed by atoms with Crippen LogP contribution in [-0.2, 0) is 4.79 Å². The summed E-state index contributed by atoms with van der Waals surface area (Å²) in [6, 6.07) is 6.14. The first kappa shape index (κ1) is 11.7. The van der Waals surface area contributed by atoms with Gasteiger partial charge in [-0.2, -0.15) is 0 Å². The van der Waals surface area contributed by atoms with E-state index in [0.29, 0.717) is 11.3 Å². The number of benzene rings is 1. The minimum Gasteiger partial charge on any atom is -0.480 e. The zero-order valence-corrected chi connectivity index (χ0v) is 9.48. The number of fused-ring (bicyclic) bond motifs is 1. The topological polar surface area (TPSA) is 66.4 Å².